The van der Waals surface area contributed by atoms with Crippen molar-refractivity contribution in [1.82, 2.24) is 0 Å². The molecular weight excluding hydrogens is 342 g/mol. The van der Waals surface area contributed by atoms with E-state index in [1.807, 2.05) is 19.9 Å². The number of carboxylic acid groups (broad SMARTS) is 1. The molecule has 0 fully saturated rings. The molecular formula is C22H21NO4. The lowest BCUT2D eigenvalue weighted by molar-refractivity contribution is 0.0696. The van der Waals surface area contributed by atoms with Gasteiger partial charge >= 0.3 is 5.97 Å². The van der Waals surface area contributed by atoms with Crippen LogP contribution >= 0.6 is 0 Å². The van der Waals surface area contributed by atoms with Gasteiger partial charge in [-0.2, -0.15) is 0 Å². The van der Waals surface area contributed by atoms with Gasteiger partial charge in [0, 0.05) is 12.0 Å². The van der Waals surface area contributed by atoms with Crippen LogP contribution in [0.25, 0.3) is 0 Å². The summed E-state index contributed by atoms with van der Waals surface area (Å²) in [5.41, 5.74) is 1.78. The second-order valence-corrected chi connectivity index (χ2v) is 6.87. The molecule has 3 N–H and O–H groups in total. The molecule has 3 rings (SSSR count). The van der Waals surface area contributed by atoms with Crippen molar-refractivity contribution in [2.45, 2.75) is 25.9 Å². The Kier molecular flexibility index (Phi) is 4.97. The van der Waals surface area contributed by atoms with Crippen LogP contribution in [0.5, 0.6) is 0 Å². The van der Waals surface area contributed by atoms with Gasteiger partial charge in [-0.25, -0.2) is 4.79 Å². The topological polar surface area (TPSA) is 86.6 Å². The number of hydrogen-bond acceptors (Lipinski definition) is 3. The summed E-state index contributed by atoms with van der Waals surface area (Å²) in [6, 6.07) is 13.1. The number of amides is 1. The fraction of sp³-hybridized carbons (Fsp3) is 0.182. The minimum Gasteiger partial charge on any atom is -0.478 e. The molecule has 0 spiro atoms. The maximum absolute atomic E-state index is 12.5. The molecule has 0 saturated heterocycles. The van der Waals surface area contributed by atoms with E-state index < -0.39 is 17.5 Å². The molecule has 2 aromatic rings. The zero-order valence-electron chi connectivity index (χ0n) is 15.2. The van der Waals surface area contributed by atoms with Crippen LogP contribution in [0, 0.1) is 0 Å². The Morgan fingerprint density at radius 1 is 1.07 bits per heavy atom. The molecule has 138 valence electrons. The second kappa shape index (κ2) is 7.21. The number of carbonyl (C=O) groups excluding carboxylic acids is 1. The standard InChI is InChI=1S/C22H21NO4/c1-14-10-15(2)13-22(27,12-14)17-8-9-18(21(25)26)19(11-17)23-20(24)16-6-4-3-5-7-16/h3-12,27H,13H2,1-2H3,(H,23,24)(H,25,26). The maximum atomic E-state index is 12.5. The van der Waals surface area contributed by atoms with E-state index in [0.717, 1.165) is 11.1 Å². The van der Waals surface area contributed by atoms with Crippen molar-refractivity contribution in [2.75, 3.05) is 5.32 Å². The van der Waals surface area contributed by atoms with Gasteiger partial charge in [0.1, 0.15) is 5.60 Å². The Balaban J connectivity index is 2.00. The summed E-state index contributed by atoms with van der Waals surface area (Å²) in [4.78, 5) is 24.0. The summed E-state index contributed by atoms with van der Waals surface area (Å²) in [5, 5.41) is 23.2. The fourth-order valence-electron chi connectivity index (χ4n) is 3.41. The highest BCUT2D eigenvalue weighted by Crippen LogP contribution is 2.36. The van der Waals surface area contributed by atoms with Gasteiger partial charge in [-0.3, -0.25) is 4.79 Å². The largest absolute Gasteiger partial charge is 0.478 e. The Hall–Kier alpha value is -3.18. The Morgan fingerprint density at radius 2 is 1.78 bits per heavy atom. The van der Waals surface area contributed by atoms with Gasteiger partial charge in [0.25, 0.3) is 5.91 Å². The van der Waals surface area contributed by atoms with Crippen molar-refractivity contribution in [2.24, 2.45) is 0 Å². The summed E-state index contributed by atoms with van der Waals surface area (Å²) in [6.07, 6.45) is 4.15. The highest BCUT2D eigenvalue weighted by molar-refractivity contribution is 6.07. The monoisotopic (exact) mass is 363 g/mol. The third-order valence-corrected chi connectivity index (χ3v) is 4.52. The summed E-state index contributed by atoms with van der Waals surface area (Å²) < 4.78 is 0. The van der Waals surface area contributed by atoms with Gasteiger partial charge in [0.15, 0.2) is 0 Å². The molecule has 5 nitrogen and oxygen atoms in total. The summed E-state index contributed by atoms with van der Waals surface area (Å²) >= 11 is 0. The summed E-state index contributed by atoms with van der Waals surface area (Å²) in [7, 11) is 0. The van der Waals surface area contributed by atoms with E-state index in [0.29, 0.717) is 17.5 Å². The van der Waals surface area contributed by atoms with Crippen molar-refractivity contribution in [3.8, 4) is 0 Å². The van der Waals surface area contributed by atoms with E-state index in [1.54, 1.807) is 42.5 Å². The number of rotatable bonds is 4. The molecule has 0 radical (unpaired) electrons. The van der Waals surface area contributed by atoms with Gasteiger partial charge in [-0.1, -0.05) is 41.5 Å². The number of benzene rings is 2. The van der Waals surface area contributed by atoms with E-state index in [1.165, 1.54) is 12.1 Å². The molecule has 5 heteroatoms. The van der Waals surface area contributed by atoms with Crippen LogP contribution in [-0.2, 0) is 5.60 Å². The Morgan fingerprint density at radius 3 is 2.41 bits per heavy atom. The van der Waals surface area contributed by atoms with Gasteiger partial charge < -0.3 is 15.5 Å². The average molecular weight is 363 g/mol. The van der Waals surface area contributed by atoms with Crippen LogP contribution in [-0.4, -0.2) is 22.1 Å². The number of aromatic carboxylic acids is 1. The molecule has 2 aromatic carbocycles. The molecule has 1 unspecified atom stereocenters. The quantitative estimate of drug-likeness (QED) is 0.763. The lowest BCUT2D eigenvalue weighted by atomic mass is 9.81. The molecule has 0 heterocycles. The predicted octanol–water partition coefficient (Wildman–Crippen LogP) is 4.12. The number of anilines is 1. The normalized spacial score (nSPS) is 19.1. The first-order chi connectivity index (χ1) is 12.8. The van der Waals surface area contributed by atoms with Gasteiger partial charge in [-0.15, -0.1) is 0 Å². The van der Waals surface area contributed by atoms with E-state index >= 15 is 0 Å². The minimum absolute atomic E-state index is 0.0320. The lowest BCUT2D eigenvalue weighted by Crippen LogP contribution is -2.26. The van der Waals surface area contributed by atoms with Crippen molar-refractivity contribution in [1.29, 1.82) is 0 Å². The van der Waals surface area contributed by atoms with Crippen LogP contribution < -0.4 is 5.32 Å². The van der Waals surface area contributed by atoms with Gasteiger partial charge in [0.2, 0.25) is 0 Å². The predicted molar refractivity (Wildman–Crippen MR) is 104 cm³/mol. The molecule has 1 aliphatic rings. The Labute approximate surface area is 157 Å². The number of carbonyl (C=O) groups is 2. The zero-order chi connectivity index (χ0) is 19.6. The summed E-state index contributed by atoms with van der Waals surface area (Å²) in [5.74, 6) is -1.56. The van der Waals surface area contributed by atoms with Gasteiger partial charge in [0.05, 0.1) is 11.3 Å². The van der Waals surface area contributed by atoms with Crippen LogP contribution in [0.1, 0.15) is 46.5 Å². The first-order valence-electron chi connectivity index (χ1n) is 8.62. The molecule has 0 aromatic heterocycles. The van der Waals surface area contributed by atoms with Crippen molar-refractivity contribution >= 4 is 17.6 Å². The third-order valence-electron chi connectivity index (χ3n) is 4.52. The van der Waals surface area contributed by atoms with Crippen molar-refractivity contribution < 1.29 is 19.8 Å². The SMILES string of the molecule is CC1=CC(O)(c2ccc(C(=O)O)c(NC(=O)c3ccccc3)c2)CC(C)=C1. The second-order valence-electron chi connectivity index (χ2n) is 6.87. The lowest BCUT2D eigenvalue weighted by Gasteiger charge is -2.30. The smallest absolute Gasteiger partial charge is 0.337 e. The number of carboxylic acids is 1. The molecule has 0 bridgehead atoms. The van der Waals surface area contributed by atoms with E-state index in [9.17, 15) is 19.8 Å². The number of aliphatic hydroxyl groups is 1. The molecule has 1 atom stereocenters. The van der Waals surface area contributed by atoms with Crippen LogP contribution in [0.3, 0.4) is 0 Å². The zero-order valence-corrected chi connectivity index (χ0v) is 15.2. The third kappa shape index (κ3) is 3.99. The van der Waals surface area contributed by atoms with E-state index in [2.05, 4.69) is 5.32 Å². The molecule has 27 heavy (non-hydrogen) atoms. The van der Waals surface area contributed by atoms with Crippen LogP contribution in [0.15, 0.2) is 71.8 Å². The highest BCUT2D eigenvalue weighted by Gasteiger charge is 2.30. The van der Waals surface area contributed by atoms with Gasteiger partial charge in [-0.05, 0) is 49.8 Å². The Bertz CT molecular complexity index is 960. The first kappa shape index (κ1) is 18.6. The molecule has 0 aliphatic heterocycles. The average Bonchev–Trinajstić information content (AvgIpc) is 2.61. The number of hydrogen-bond donors (Lipinski definition) is 3. The fourth-order valence-corrected chi connectivity index (χ4v) is 3.41. The van der Waals surface area contributed by atoms with Crippen molar-refractivity contribution in [3.63, 3.8) is 0 Å². The minimum atomic E-state index is -1.24. The molecule has 1 amide bonds. The van der Waals surface area contributed by atoms with Crippen molar-refractivity contribution in [3.05, 3.63) is 88.5 Å². The highest BCUT2D eigenvalue weighted by atomic mass is 16.4. The molecule has 1 aliphatic carbocycles. The molecule has 0 saturated carbocycles. The summed E-state index contributed by atoms with van der Waals surface area (Å²) in [6.45, 7) is 3.84. The van der Waals surface area contributed by atoms with Crippen LogP contribution in [0.4, 0.5) is 5.69 Å². The maximum Gasteiger partial charge on any atom is 0.337 e. The number of nitrogens with one attached hydrogen (secondary N) is 1. The number of allylic oxidation sites excluding steroid dienone is 2. The van der Waals surface area contributed by atoms with E-state index in [-0.39, 0.29) is 11.3 Å². The van der Waals surface area contributed by atoms with Crippen LogP contribution in [0.2, 0.25) is 0 Å². The van der Waals surface area contributed by atoms with E-state index in [4.69, 9.17) is 0 Å². The first-order valence-corrected chi connectivity index (χ1v) is 8.62.